The first-order valence-electron chi connectivity index (χ1n) is 5.80. The van der Waals surface area contributed by atoms with Crippen molar-refractivity contribution in [3.63, 3.8) is 0 Å². The molecule has 1 aromatic carbocycles. The highest BCUT2D eigenvalue weighted by molar-refractivity contribution is 5.35. The number of hydrogen-bond donors (Lipinski definition) is 1. The zero-order valence-electron chi connectivity index (χ0n) is 10.8. The van der Waals surface area contributed by atoms with Crippen LogP contribution in [0.3, 0.4) is 0 Å². The molecule has 0 bridgehead atoms. The maximum Gasteiger partial charge on any atom is 0.173 e. The third-order valence-electron chi connectivity index (χ3n) is 2.78. The molecule has 0 saturated heterocycles. The Morgan fingerprint density at radius 2 is 2.28 bits per heavy atom. The molecule has 1 atom stereocenters. The van der Waals surface area contributed by atoms with Crippen LogP contribution in [-0.4, -0.2) is 34.4 Å². The highest BCUT2D eigenvalue weighted by Gasteiger charge is 2.13. The molecule has 6 heteroatoms. The molecule has 0 spiro atoms. The first kappa shape index (κ1) is 12.7. The Morgan fingerprint density at radius 1 is 1.44 bits per heavy atom. The van der Waals surface area contributed by atoms with Crippen molar-refractivity contribution in [1.82, 2.24) is 25.5 Å². The van der Waals surface area contributed by atoms with Crippen LogP contribution in [0, 0.1) is 0 Å². The number of hydrogen-bond acceptors (Lipinski definition) is 5. The number of aromatic nitrogens is 4. The van der Waals surface area contributed by atoms with Gasteiger partial charge in [0.05, 0.1) is 18.3 Å². The van der Waals surface area contributed by atoms with Crippen LogP contribution >= 0.6 is 0 Å². The fourth-order valence-electron chi connectivity index (χ4n) is 1.72. The summed E-state index contributed by atoms with van der Waals surface area (Å²) in [7, 11) is 3.56. The average molecular weight is 247 g/mol. The number of nitrogens with zero attached hydrogens (tertiary/aromatic N) is 4. The second kappa shape index (κ2) is 5.70. The molecule has 1 unspecified atom stereocenters. The van der Waals surface area contributed by atoms with E-state index in [0.29, 0.717) is 6.61 Å². The van der Waals surface area contributed by atoms with Crippen LogP contribution in [0.15, 0.2) is 24.3 Å². The monoisotopic (exact) mass is 247 g/mol. The molecule has 0 aliphatic rings. The Hall–Kier alpha value is -1.79. The third-order valence-corrected chi connectivity index (χ3v) is 2.78. The van der Waals surface area contributed by atoms with Gasteiger partial charge in [0.1, 0.15) is 0 Å². The molecule has 1 N–H and O–H groups in total. The van der Waals surface area contributed by atoms with E-state index in [-0.39, 0.29) is 6.04 Å². The zero-order chi connectivity index (χ0) is 13.0. The Labute approximate surface area is 106 Å². The van der Waals surface area contributed by atoms with Gasteiger partial charge in [0, 0.05) is 7.11 Å². The number of benzene rings is 1. The minimum atomic E-state index is 0.0890. The fourth-order valence-corrected chi connectivity index (χ4v) is 1.72. The molecular weight excluding hydrogens is 230 g/mol. The van der Waals surface area contributed by atoms with Gasteiger partial charge in [-0.3, -0.25) is 0 Å². The lowest BCUT2D eigenvalue weighted by molar-refractivity contribution is 0.185. The Kier molecular flexibility index (Phi) is 4.01. The summed E-state index contributed by atoms with van der Waals surface area (Å²) < 4.78 is 6.86. The lowest BCUT2D eigenvalue weighted by Crippen LogP contribution is -2.17. The van der Waals surface area contributed by atoms with Gasteiger partial charge in [-0.2, -0.15) is 4.68 Å². The lowest BCUT2D eigenvalue weighted by atomic mass is 10.2. The summed E-state index contributed by atoms with van der Waals surface area (Å²) in [6.45, 7) is 2.59. The summed E-state index contributed by atoms with van der Waals surface area (Å²) in [5.41, 5.74) is 2.03. The Balaban J connectivity index is 2.36. The normalized spacial score (nSPS) is 12.6. The van der Waals surface area contributed by atoms with Crippen molar-refractivity contribution in [3.05, 3.63) is 35.7 Å². The minimum Gasteiger partial charge on any atom is -0.380 e. The second-order valence-corrected chi connectivity index (χ2v) is 4.06. The van der Waals surface area contributed by atoms with E-state index in [9.17, 15) is 0 Å². The smallest absolute Gasteiger partial charge is 0.173 e. The third kappa shape index (κ3) is 2.55. The highest BCUT2D eigenvalue weighted by Crippen LogP contribution is 2.15. The molecule has 2 aromatic rings. The van der Waals surface area contributed by atoms with Crippen LogP contribution in [0.5, 0.6) is 0 Å². The molecule has 1 heterocycles. The largest absolute Gasteiger partial charge is 0.380 e. The molecule has 0 aliphatic heterocycles. The Bertz CT molecular complexity index is 511. The van der Waals surface area contributed by atoms with E-state index in [1.165, 1.54) is 0 Å². The summed E-state index contributed by atoms with van der Waals surface area (Å²) in [4.78, 5) is 0. The number of nitrogens with one attached hydrogen (secondary N) is 1. The average Bonchev–Trinajstić information content (AvgIpc) is 2.88. The molecule has 2 rings (SSSR count). The summed E-state index contributed by atoms with van der Waals surface area (Å²) in [6, 6.07) is 8.07. The molecule has 96 valence electrons. The minimum absolute atomic E-state index is 0.0890. The van der Waals surface area contributed by atoms with Gasteiger partial charge in [0.15, 0.2) is 5.82 Å². The van der Waals surface area contributed by atoms with Crippen molar-refractivity contribution in [1.29, 1.82) is 0 Å². The second-order valence-electron chi connectivity index (χ2n) is 4.06. The molecule has 6 nitrogen and oxygen atoms in total. The van der Waals surface area contributed by atoms with Crippen molar-refractivity contribution in [2.24, 2.45) is 0 Å². The van der Waals surface area contributed by atoms with Crippen LogP contribution in [0.25, 0.3) is 5.69 Å². The molecule has 0 aliphatic carbocycles. The number of methoxy groups -OCH3 is 1. The van der Waals surface area contributed by atoms with Crippen LogP contribution in [0.4, 0.5) is 0 Å². The van der Waals surface area contributed by atoms with Crippen LogP contribution in [-0.2, 0) is 11.3 Å². The van der Waals surface area contributed by atoms with E-state index >= 15 is 0 Å². The van der Waals surface area contributed by atoms with E-state index in [2.05, 4.69) is 20.8 Å². The zero-order valence-corrected chi connectivity index (χ0v) is 10.8. The van der Waals surface area contributed by atoms with Gasteiger partial charge in [-0.15, -0.1) is 5.10 Å². The van der Waals surface area contributed by atoms with Gasteiger partial charge >= 0.3 is 0 Å². The lowest BCUT2D eigenvalue weighted by Gasteiger charge is -2.11. The van der Waals surface area contributed by atoms with E-state index in [1.54, 1.807) is 11.8 Å². The van der Waals surface area contributed by atoms with Crippen molar-refractivity contribution in [2.45, 2.75) is 19.6 Å². The maximum atomic E-state index is 5.13. The predicted molar refractivity (Wildman–Crippen MR) is 67.3 cm³/mol. The number of rotatable bonds is 5. The fraction of sp³-hybridized carbons (Fsp3) is 0.417. The number of ether oxygens (including phenoxy) is 1. The van der Waals surface area contributed by atoms with E-state index in [1.807, 2.05) is 38.2 Å². The molecule has 0 radical (unpaired) electrons. The summed E-state index contributed by atoms with van der Waals surface area (Å²) in [6.07, 6.45) is 0. The maximum absolute atomic E-state index is 5.13. The van der Waals surface area contributed by atoms with Gasteiger partial charge in [0.25, 0.3) is 0 Å². The Morgan fingerprint density at radius 3 is 3.00 bits per heavy atom. The van der Waals surface area contributed by atoms with Gasteiger partial charge in [0.2, 0.25) is 0 Å². The molecule has 0 saturated carbocycles. The first-order valence-corrected chi connectivity index (χ1v) is 5.80. The van der Waals surface area contributed by atoms with Crippen LogP contribution < -0.4 is 5.32 Å². The first-order chi connectivity index (χ1) is 8.76. The molecular formula is C12H17N5O. The van der Waals surface area contributed by atoms with Gasteiger partial charge < -0.3 is 10.1 Å². The van der Waals surface area contributed by atoms with E-state index < -0.39 is 0 Å². The van der Waals surface area contributed by atoms with Crippen LogP contribution in [0.2, 0.25) is 0 Å². The topological polar surface area (TPSA) is 64.9 Å². The molecule has 0 fully saturated rings. The van der Waals surface area contributed by atoms with Gasteiger partial charge in [-0.1, -0.05) is 12.1 Å². The molecule has 18 heavy (non-hydrogen) atoms. The van der Waals surface area contributed by atoms with Crippen molar-refractivity contribution < 1.29 is 4.74 Å². The van der Waals surface area contributed by atoms with Crippen molar-refractivity contribution >= 4 is 0 Å². The van der Waals surface area contributed by atoms with E-state index in [0.717, 1.165) is 17.1 Å². The molecule has 0 amide bonds. The molecule has 1 aromatic heterocycles. The quantitative estimate of drug-likeness (QED) is 0.856. The predicted octanol–water partition coefficient (Wildman–Crippen LogP) is 1.09. The SMILES string of the molecule is CNC(C)c1nnnn1-c1cccc(COC)c1. The van der Waals surface area contributed by atoms with Gasteiger partial charge in [-0.25, -0.2) is 0 Å². The van der Waals surface area contributed by atoms with Crippen molar-refractivity contribution in [3.8, 4) is 5.69 Å². The highest BCUT2D eigenvalue weighted by atomic mass is 16.5. The summed E-state index contributed by atoms with van der Waals surface area (Å²) in [5.74, 6) is 0.784. The van der Waals surface area contributed by atoms with E-state index in [4.69, 9.17) is 4.74 Å². The van der Waals surface area contributed by atoms with Crippen molar-refractivity contribution in [2.75, 3.05) is 14.2 Å². The number of tetrazole rings is 1. The van der Waals surface area contributed by atoms with Gasteiger partial charge in [-0.05, 0) is 42.1 Å². The van der Waals surface area contributed by atoms with Crippen LogP contribution in [0.1, 0.15) is 24.4 Å². The standard InChI is InChI=1S/C12H17N5O/c1-9(13-2)12-14-15-16-17(12)11-6-4-5-10(7-11)8-18-3/h4-7,9,13H,8H2,1-3H3. The summed E-state index contributed by atoms with van der Waals surface area (Å²) >= 11 is 0. The summed E-state index contributed by atoms with van der Waals surface area (Å²) in [5, 5.41) is 14.9.